The second-order valence-electron chi connectivity index (χ2n) is 15.3. The van der Waals surface area contributed by atoms with E-state index in [9.17, 15) is 0 Å². The molecule has 0 amide bonds. The van der Waals surface area contributed by atoms with Gasteiger partial charge in [0.1, 0.15) is 16.8 Å². The van der Waals surface area contributed by atoms with Gasteiger partial charge in [-0.1, -0.05) is 164 Å². The molecule has 0 aliphatic heterocycles. The molecule has 7 nitrogen and oxygen atoms in total. The van der Waals surface area contributed by atoms with Crippen molar-refractivity contribution < 1.29 is 4.42 Å². The largest absolute Gasteiger partial charge is 0.452 e. The topological polar surface area (TPSA) is 82.5 Å². The Morgan fingerprint density at radius 1 is 0.339 bits per heavy atom. The van der Waals surface area contributed by atoms with Gasteiger partial charge in [-0.15, -0.1) is 0 Å². The smallest absolute Gasteiger partial charge is 0.180 e. The summed E-state index contributed by atoms with van der Waals surface area (Å²) in [6, 6.07) is 70.5. The van der Waals surface area contributed by atoms with E-state index in [4.69, 9.17) is 29.3 Å². The Morgan fingerprint density at radius 2 is 0.855 bits per heavy atom. The van der Waals surface area contributed by atoms with Crippen LogP contribution in [-0.2, 0) is 0 Å². The fraction of sp³-hybridized carbons (Fsp3) is 0. The molecule has 0 saturated carbocycles. The molecule has 0 bridgehead atoms. The van der Waals surface area contributed by atoms with Crippen LogP contribution in [0.4, 0.5) is 0 Å². The first kappa shape index (κ1) is 35.4. The summed E-state index contributed by atoms with van der Waals surface area (Å²) in [5.41, 5.74) is 12.5. The maximum absolute atomic E-state index is 6.62. The second kappa shape index (κ2) is 14.6. The average molecular weight is 795 g/mol. The van der Waals surface area contributed by atoms with Crippen LogP contribution in [0.25, 0.3) is 117 Å². The van der Waals surface area contributed by atoms with Crippen molar-refractivity contribution in [2.45, 2.75) is 0 Å². The van der Waals surface area contributed by atoms with Crippen LogP contribution in [-0.4, -0.2) is 29.5 Å². The van der Waals surface area contributed by atoms with Crippen LogP contribution in [0.3, 0.4) is 0 Å². The third-order valence-electron chi connectivity index (χ3n) is 11.5. The molecule has 12 rings (SSSR count). The summed E-state index contributed by atoms with van der Waals surface area (Å²) in [4.78, 5) is 26.0. The quantitative estimate of drug-likeness (QED) is 0.160. The Balaban J connectivity index is 1.17. The van der Waals surface area contributed by atoms with Gasteiger partial charge in [0.05, 0.1) is 16.7 Å². The van der Waals surface area contributed by atoms with Crippen molar-refractivity contribution in [2.24, 2.45) is 0 Å². The molecule has 0 radical (unpaired) electrons. The van der Waals surface area contributed by atoms with E-state index < -0.39 is 0 Å². The second-order valence-corrected chi connectivity index (χ2v) is 15.3. The van der Waals surface area contributed by atoms with Crippen LogP contribution in [0.15, 0.2) is 211 Å². The monoisotopic (exact) mass is 794 g/mol. The molecule has 8 aromatic carbocycles. The Hall–Kier alpha value is -8.55. The van der Waals surface area contributed by atoms with E-state index in [-0.39, 0.29) is 0 Å². The van der Waals surface area contributed by atoms with E-state index in [2.05, 4.69) is 95.6 Å². The fourth-order valence-corrected chi connectivity index (χ4v) is 8.53. The predicted molar refractivity (Wildman–Crippen MR) is 250 cm³/mol. The van der Waals surface area contributed by atoms with Gasteiger partial charge < -0.3 is 8.98 Å². The number of aromatic nitrogens is 6. The zero-order chi connectivity index (χ0) is 41.0. The normalized spacial score (nSPS) is 11.5. The van der Waals surface area contributed by atoms with Crippen LogP contribution in [0.1, 0.15) is 0 Å². The van der Waals surface area contributed by atoms with Crippen LogP contribution in [0.2, 0.25) is 0 Å². The molecule has 4 aromatic heterocycles. The van der Waals surface area contributed by atoms with Crippen LogP contribution >= 0.6 is 0 Å². The third kappa shape index (κ3) is 6.02. The minimum Gasteiger partial charge on any atom is -0.452 e. The zero-order valence-electron chi connectivity index (χ0n) is 33.2. The van der Waals surface area contributed by atoms with Crippen molar-refractivity contribution in [1.82, 2.24) is 29.5 Å². The summed E-state index contributed by atoms with van der Waals surface area (Å²) in [5, 5.41) is 3.22. The minimum absolute atomic E-state index is 0.527. The summed E-state index contributed by atoms with van der Waals surface area (Å²) in [5.74, 6) is 2.29. The lowest BCUT2D eigenvalue weighted by Crippen LogP contribution is -2.04. The van der Waals surface area contributed by atoms with Crippen molar-refractivity contribution in [1.29, 1.82) is 0 Å². The molecule has 7 heteroatoms. The average Bonchev–Trinajstić information content (AvgIpc) is 3.90. The van der Waals surface area contributed by atoms with Gasteiger partial charge in [0, 0.05) is 44.0 Å². The highest BCUT2D eigenvalue weighted by molar-refractivity contribution is 6.11. The van der Waals surface area contributed by atoms with Crippen molar-refractivity contribution in [2.75, 3.05) is 0 Å². The molecule has 0 saturated heterocycles. The van der Waals surface area contributed by atoms with Gasteiger partial charge in [-0.2, -0.15) is 0 Å². The highest BCUT2D eigenvalue weighted by Crippen LogP contribution is 2.41. The first-order valence-electron chi connectivity index (χ1n) is 20.6. The van der Waals surface area contributed by atoms with Gasteiger partial charge in [-0.3, -0.25) is 0 Å². The number of hydrogen-bond donors (Lipinski definition) is 0. The molecular formula is C55H34N6O. The molecule has 0 fully saturated rings. The number of para-hydroxylation sites is 2. The molecule has 0 unspecified atom stereocenters. The van der Waals surface area contributed by atoms with Crippen molar-refractivity contribution in [3.63, 3.8) is 0 Å². The zero-order valence-corrected chi connectivity index (χ0v) is 33.2. The van der Waals surface area contributed by atoms with Crippen LogP contribution < -0.4 is 0 Å². The van der Waals surface area contributed by atoms with E-state index in [1.54, 1.807) is 0 Å². The van der Waals surface area contributed by atoms with Crippen molar-refractivity contribution in [3.05, 3.63) is 206 Å². The molecular weight excluding hydrogens is 761 g/mol. The Morgan fingerprint density at radius 3 is 1.52 bits per heavy atom. The lowest BCUT2D eigenvalue weighted by Gasteiger charge is -2.16. The van der Waals surface area contributed by atoms with Crippen LogP contribution in [0.5, 0.6) is 0 Å². The molecule has 0 N–H and O–H groups in total. The number of nitrogens with zero attached hydrogens (tertiary/aromatic N) is 6. The maximum atomic E-state index is 6.62. The molecule has 12 aromatic rings. The summed E-state index contributed by atoms with van der Waals surface area (Å²) in [6.07, 6.45) is 0. The number of hydrogen-bond acceptors (Lipinski definition) is 6. The molecule has 290 valence electrons. The van der Waals surface area contributed by atoms with Gasteiger partial charge in [-0.25, -0.2) is 24.9 Å². The van der Waals surface area contributed by atoms with E-state index in [1.807, 2.05) is 115 Å². The number of rotatable bonds is 7. The lowest BCUT2D eigenvalue weighted by atomic mass is 10.0. The molecule has 0 atom stereocenters. The highest BCUT2D eigenvalue weighted by atomic mass is 16.3. The molecule has 62 heavy (non-hydrogen) atoms. The molecule has 0 aliphatic rings. The molecule has 0 aliphatic carbocycles. The number of furan rings is 1. The maximum Gasteiger partial charge on any atom is 0.180 e. The fourth-order valence-electron chi connectivity index (χ4n) is 8.53. The first-order chi connectivity index (χ1) is 30.7. The van der Waals surface area contributed by atoms with E-state index in [0.29, 0.717) is 34.6 Å². The summed E-state index contributed by atoms with van der Waals surface area (Å²) < 4.78 is 8.95. The van der Waals surface area contributed by atoms with Crippen molar-refractivity contribution >= 4 is 43.9 Å². The Kier molecular flexibility index (Phi) is 8.35. The van der Waals surface area contributed by atoms with Gasteiger partial charge >= 0.3 is 0 Å². The van der Waals surface area contributed by atoms with Gasteiger partial charge in [-0.05, 0) is 53.6 Å². The van der Waals surface area contributed by atoms with E-state index >= 15 is 0 Å². The summed E-state index contributed by atoms with van der Waals surface area (Å²) in [6.45, 7) is 0. The van der Waals surface area contributed by atoms with E-state index in [0.717, 1.165) is 77.4 Å². The van der Waals surface area contributed by atoms with E-state index in [1.165, 1.54) is 5.56 Å². The molecule has 4 heterocycles. The Bertz CT molecular complexity index is 3560. The lowest BCUT2D eigenvalue weighted by molar-refractivity contribution is 0.667. The summed E-state index contributed by atoms with van der Waals surface area (Å²) in [7, 11) is 0. The first-order valence-corrected chi connectivity index (χ1v) is 20.6. The summed E-state index contributed by atoms with van der Waals surface area (Å²) >= 11 is 0. The number of fused-ring (bicyclic) bond motifs is 6. The van der Waals surface area contributed by atoms with Gasteiger partial charge in [0.25, 0.3) is 0 Å². The predicted octanol–water partition coefficient (Wildman–Crippen LogP) is 13.7. The van der Waals surface area contributed by atoms with Crippen molar-refractivity contribution in [3.8, 4) is 73.6 Å². The third-order valence-corrected chi connectivity index (χ3v) is 11.5. The van der Waals surface area contributed by atoms with Gasteiger partial charge in [0.2, 0.25) is 0 Å². The SMILES string of the molecule is c1ccc(-c2ccc3c(c2)c2ccccc2n3-c2ccc(-c3nc(-c4ccccc4)nc4c3oc3ccccc34)cc2-c2nc(-c3ccccc3)nc(-c3ccccc3)n2)cc1. The van der Waals surface area contributed by atoms with Gasteiger partial charge in [0.15, 0.2) is 28.9 Å². The Labute approximate surface area is 356 Å². The van der Waals surface area contributed by atoms with Crippen LogP contribution in [0, 0.1) is 0 Å². The molecule has 0 spiro atoms. The number of benzene rings is 8. The standard InChI is InChI=1S/C55H34N6O/c1-5-17-35(18-6-1)39-29-31-46-43(33-39)41-25-13-15-27-45(41)61(46)47-32-30-40(49-51-50(42-26-14-16-28-48(42)62-51)57-52(56-49)36-19-7-2-8-20-36)34-44(47)55-59-53(37-21-9-3-10-22-37)58-54(60-55)38-23-11-4-12-24-38/h1-34H. The minimum atomic E-state index is 0.527. The highest BCUT2D eigenvalue weighted by Gasteiger charge is 2.23.